The highest BCUT2D eigenvalue weighted by molar-refractivity contribution is 5.82. The minimum Gasteiger partial charge on any atom is -0.480 e. The van der Waals surface area contributed by atoms with Gasteiger partial charge in [-0.05, 0) is 25.2 Å². The van der Waals surface area contributed by atoms with Crippen LogP contribution in [0.3, 0.4) is 0 Å². The Morgan fingerprint density at radius 1 is 1.11 bits per heavy atom. The highest BCUT2D eigenvalue weighted by Gasteiger charge is 2.22. The number of nitrogens with one attached hydrogen (secondary N) is 2. The van der Waals surface area contributed by atoms with Crippen molar-refractivity contribution < 1.29 is 14.7 Å². The van der Waals surface area contributed by atoms with Gasteiger partial charge in [-0.2, -0.15) is 0 Å². The lowest BCUT2D eigenvalue weighted by Crippen LogP contribution is -2.50. The van der Waals surface area contributed by atoms with Crippen LogP contribution in [0.5, 0.6) is 0 Å². The van der Waals surface area contributed by atoms with Crippen molar-refractivity contribution in [1.29, 1.82) is 0 Å². The molecule has 0 aliphatic heterocycles. The molecular weight excluding hydrogens is 232 g/mol. The average molecular weight is 258 g/mol. The highest BCUT2D eigenvalue weighted by Crippen LogP contribution is 2.07. The third-order valence-electron chi connectivity index (χ3n) is 3.17. The standard InChI is InChI=1S/C13H26N2O3/c1-6-9(4)10(5)14-13(18)15-11(12(16)17)7-8(2)3/h8-11H,6-7H2,1-5H3,(H,16,17)(H2,14,15,18). The van der Waals surface area contributed by atoms with Crippen LogP contribution in [-0.2, 0) is 4.79 Å². The molecule has 3 atom stereocenters. The summed E-state index contributed by atoms with van der Waals surface area (Å²) in [7, 11) is 0. The molecule has 0 aromatic rings. The number of urea groups is 1. The maximum Gasteiger partial charge on any atom is 0.326 e. The fraction of sp³-hybridized carbons (Fsp3) is 0.846. The number of carboxylic acids is 1. The summed E-state index contributed by atoms with van der Waals surface area (Å²) in [6.07, 6.45) is 1.40. The predicted molar refractivity (Wildman–Crippen MR) is 71.5 cm³/mol. The molecule has 0 saturated heterocycles. The second-order valence-electron chi connectivity index (χ2n) is 5.31. The normalized spacial score (nSPS) is 15.9. The number of hydrogen-bond donors (Lipinski definition) is 3. The first-order valence-electron chi connectivity index (χ1n) is 6.57. The minimum atomic E-state index is -0.991. The maximum absolute atomic E-state index is 11.7. The van der Waals surface area contributed by atoms with Crippen molar-refractivity contribution in [3.05, 3.63) is 0 Å². The second kappa shape index (κ2) is 7.95. The van der Waals surface area contributed by atoms with E-state index in [1.807, 2.05) is 27.7 Å². The Balaban J connectivity index is 4.30. The van der Waals surface area contributed by atoms with Crippen LogP contribution in [0.4, 0.5) is 4.79 Å². The van der Waals surface area contributed by atoms with Gasteiger partial charge in [-0.1, -0.05) is 34.1 Å². The van der Waals surface area contributed by atoms with Crippen molar-refractivity contribution in [3.63, 3.8) is 0 Å². The third kappa shape index (κ3) is 6.47. The zero-order valence-corrected chi connectivity index (χ0v) is 12.0. The first kappa shape index (κ1) is 16.7. The summed E-state index contributed by atoms with van der Waals surface area (Å²) in [6.45, 7) is 9.88. The lowest BCUT2D eigenvalue weighted by molar-refractivity contribution is -0.139. The van der Waals surface area contributed by atoms with Gasteiger partial charge in [0.1, 0.15) is 6.04 Å². The zero-order chi connectivity index (χ0) is 14.3. The first-order valence-corrected chi connectivity index (χ1v) is 6.57. The Kier molecular flexibility index (Phi) is 7.39. The summed E-state index contributed by atoms with van der Waals surface area (Å²) in [6, 6.07) is -1.20. The minimum absolute atomic E-state index is 0.0310. The van der Waals surface area contributed by atoms with Crippen molar-refractivity contribution in [2.24, 2.45) is 11.8 Å². The number of aliphatic carboxylic acids is 1. The van der Waals surface area contributed by atoms with Gasteiger partial charge in [0, 0.05) is 6.04 Å². The van der Waals surface area contributed by atoms with Gasteiger partial charge in [0.2, 0.25) is 0 Å². The van der Waals surface area contributed by atoms with Crippen LogP contribution in [-0.4, -0.2) is 29.2 Å². The fourth-order valence-electron chi connectivity index (χ4n) is 1.60. The van der Waals surface area contributed by atoms with Gasteiger partial charge >= 0.3 is 12.0 Å². The van der Waals surface area contributed by atoms with E-state index in [-0.39, 0.29) is 12.0 Å². The van der Waals surface area contributed by atoms with E-state index in [0.717, 1.165) is 6.42 Å². The molecular formula is C13H26N2O3. The second-order valence-corrected chi connectivity index (χ2v) is 5.31. The smallest absolute Gasteiger partial charge is 0.326 e. The molecule has 0 rings (SSSR count). The molecule has 0 aliphatic rings. The zero-order valence-electron chi connectivity index (χ0n) is 12.0. The lowest BCUT2D eigenvalue weighted by atomic mass is 10.0. The summed E-state index contributed by atoms with van der Waals surface area (Å²) in [5.41, 5.74) is 0. The molecule has 0 aromatic carbocycles. The number of rotatable bonds is 7. The molecule has 2 amide bonds. The largest absolute Gasteiger partial charge is 0.480 e. The number of carbonyl (C=O) groups is 2. The summed E-state index contributed by atoms with van der Waals surface area (Å²) >= 11 is 0. The van der Waals surface area contributed by atoms with Crippen molar-refractivity contribution in [2.45, 2.75) is 59.5 Å². The predicted octanol–water partition coefficient (Wildman–Crippen LogP) is 2.22. The Morgan fingerprint density at radius 2 is 1.67 bits per heavy atom. The van der Waals surface area contributed by atoms with Gasteiger partial charge in [-0.25, -0.2) is 9.59 Å². The Labute approximate surface area is 109 Å². The van der Waals surface area contributed by atoms with Crippen molar-refractivity contribution in [3.8, 4) is 0 Å². The van der Waals surface area contributed by atoms with Crippen molar-refractivity contribution in [1.82, 2.24) is 10.6 Å². The SMILES string of the molecule is CCC(C)C(C)NC(=O)NC(CC(C)C)C(=O)O. The molecule has 3 unspecified atom stereocenters. The maximum atomic E-state index is 11.7. The van der Waals surface area contributed by atoms with Gasteiger partial charge in [-0.3, -0.25) is 0 Å². The fourth-order valence-corrected chi connectivity index (χ4v) is 1.60. The summed E-state index contributed by atoms with van der Waals surface area (Å²) in [5, 5.41) is 14.3. The van der Waals surface area contributed by atoms with E-state index in [0.29, 0.717) is 12.3 Å². The Morgan fingerprint density at radius 3 is 2.06 bits per heavy atom. The molecule has 0 spiro atoms. The van der Waals surface area contributed by atoms with Crippen LogP contribution in [0.1, 0.15) is 47.5 Å². The summed E-state index contributed by atoms with van der Waals surface area (Å²) in [5.74, 6) is -0.405. The van der Waals surface area contributed by atoms with Crippen LogP contribution in [0, 0.1) is 11.8 Å². The molecule has 0 aliphatic carbocycles. The number of carboxylic acid groups (broad SMARTS) is 1. The van der Waals surface area contributed by atoms with Crippen LogP contribution in [0.2, 0.25) is 0 Å². The van der Waals surface area contributed by atoms with Crippen LogP contribution in [0.25, 0.3) is 0 Å². The van der Waals surface area contributed by atoms with E-state index in [1.165, 1.54) is 0 Å². The van der Waals surface area contributed by atoms with E-state index in [2.05, 4.69) is 17.6 Å². The molecule has 0 bridgehead atoms. The first-order chi connectivity index (χ1) is 8.27. The Hall–Kier alpha value is -1.26. The quantitative estimate of drug-likeness (QED) is 0.655. The van der Waals surface area contributed by atoms with Gasteiger partial charge in [0.25, 0.3) is 0 Å². The molecule has 0 aromatic heterocycles. The van der Waals surface area contributed by atoms with Crippen LogP contribution < -0.4 is 10.6 Å². The molecule has 106 valence electrons. The summed E-state index contributed by atoms with van der Waals surface area (Å²) < 4.78 is 0. The molecule has 0 radical (unpaired) electrons. The number of amides is 2. The summed E-state index contributed by atoms with van der Waals surface area (Å²) in [4.78, 5) is 22.7. The number of hydrogen-bond acceptors (Lipinski definition) is 2. The van der Waals surface area contributed by atoms with Crippen molar-refractivity contribution >= 4 is 12.0 Å². The van der Waals surface area contributed by atoms with E-state index < -0.39 is 18.0 Å². The van der Waals surface area contributed by atoms with Gasteiger partial charge < -0.3 is 15.7 Å². The van der Waals surface area contributed by atoms with Gasteiger partial charge in [0.05, 0.1) is 0 Å². The lowest BCUT2D eigenvalue weighted by Gasteiger charge is -2.22. The molecule has 0 saturated carbocycles. The molecule has 5 heteroatoms. The molecule has 0 fully saturated rings. The Bertz CT molecular complexity index is 279. The van der Waals surface area contributed by atoms with E-state index in [9.17, 15) is 9.59 Å². The van der Waals surface area contributed by atoms with E-state index in [4.69, 9.17) is 5.11 Å². The number of carbonyl (C=O) groups excluding carboxylic acids is 1. The van der Waals surface area contributed by atoms with Gasteiger partial charge in [0.15, 0.2) is 0 Å². The van der Waals surface area contributed by atoms with E-state index >= 15 is 0 Å². The van der Waals surface area contributed by atoms with Crippen LogP contribution >= 0.6 is 0 Å². The van der Waals surface area contributed by atoms with Crippen LogP contribution in [0.15, 0.2) is 0 Å². The highest BCUT2D eigenvalue weighted by atomic mass is 16.4. The molecule has 5 nitrogen and oxygen atoms in total. The van der Waals surface area contributed by atoms with Crippen molar-refractivity contribution in [2.75, 3.05) is 0 Å². The topological polar surface area (TPSA) is 78.4 Å². The third-order valence-corrected chi connectivity index (χ3v) is 3.17. The molecule has 0 heterocycles. The monoisotopic (exact) mass is 258 g/mol. The average Bonchev–Trinajstić information content (AvgIpc) is 2.25. The molecule has 18 heavy (non-hydrogen) atoms. The van der Waals surface area contributed by atoms with Gasteiger partial charge in [-0.15, -0.1) is 0 Å². The molecule has 3 N–H and O–H groups in total. The van der Waals surface area contributed by atoms with E-state index in [1.54, 1.807) is 0 Å².